The van der Waals surface area contributed by atoms with Gasteiger partial charge in [-0.3, -0.25) is 0 Å². The molecule has 1 aromatic heterocycles. The Bertz CT molecular complexity index is 517. The number of carboxylic acid groups (broad SMARTS) is 1. The number of carbonyl (C=O) groups is 2. The zero-order valence-electron chi connectivity index (χ0n) is 11.9. The van der Waals surface area contributed by atoms with Crippen LogP contribution in [0.5, 0.6) is 0 Å². The first kappa shape index (κ1) is 15.4. The zero-order valence-corrected chi connectivity index (χ0v) is 11.9. The van der Waals surface area contributed by atoms with Crippen molar-refractivity contribution < 1.29 is 24.2 Å². The number of urea groups is 1. The quantitative estimate of drug-likeness (QED) is 0.671. The van der Waals surface area contributed by atoms with Crippen molar-refractivity contribution in [3.8, 4) is 0 Å². The molecule has 1 saturated carbocycles. The molecule has 21 heavy (non-hydrogen) atoms. The Balaban J connectivity index is 1.78. The van der Waals surface area contributed by atoms with Crippen molar-refractivity contribution in [1.82, 2.24) is 10.6 Å². The summed E-state index contributed by atoms with van der Waals surface area (Å²) in [5.41, 5.74) is 0.105. The molecule has 1 aliphatic carbocycles. The van der Waals surface area contributed by atoms with Crippen LogP contribution >= 0.6 is 0 Å². The van der Waals surface area contributed by atoms with Crippen molar-refractivity contribution in [1.29, 1.82) is 0 Å². The van der Waals surface area contributed by atoms with Gasteiger partial charge in [-0.25, -0.2) is 9.59 Å². The Morgan fingerprint density at radius 2 is 2.00 bits per heavy atom. The van der Waals surface area contributed by atoms with E-state index in [4.69, 9.17) is 9.52 Å². The molecule has 2 amide bonds. The van der Waals surface area contributed by atoms with E-state index in [1.165, 1.54) is 6.07 Å². The van der Waals surface area contributed by atoms with Crippen LogP contribution in [0.15, 0.2) is 10.5 Å². The molecule has 1 aliphatic rings. The van der Waals surface area contributed by atoms with Crippen LogP contribution in [-0.2, 0) is 6.54 Å². The number of aryl methyl sites for hydroxylation is 1. The van der Waals surface area contributed by atoms with Crippen molar-refractivity contribution in [2.75, 3.05) is 0 Å². The highest BCUT2D eigenvalue weighted by Crippen LogP contribution is 2.18. The molecule has 1 fully saturated rings. The van der Waals surface area contributed by atoms with Crippen molar-refractivity contribution in [3.05, 3.63) is 23.2 Å². The SMILES string of the molecule is Cc1oc(CNC(=O)NC2CCC(O)CC2)cc1C(=O)O. The summed E-state index contributed by atoms with van der Waals surface area (Å²) in [7, 11) is 0. The van der Waals surface area contributed by atoms with Gasteiger partial charge in [0, 0.05) is 6.04 Å². The summed E-state index contributed by atoms with van der Waals surface area (Å²) in [4.78, 5) is 22.6. The van der Waals surface area contributed by atoms with Gasteiger partial charge >= 0.3 is 12.0 Å². The van der Waals surface area contributed by atoms with Crippen LogP contribution in [0.3, 0.4) is 0 Å². The highest BCUT2D eigenvalue weighted by atomic mass is 16.4. The van der Waals surface area contributed by atoms with E-state index in [1.807, 2.05) is 0 Å². The molecule has 0 atom stereocenters. The normalized spacial score (nSPS) is 21.8. The monoisotopic (exact) mass is 296 g/mol. The predicted molar refractivity (Wildman–Crippen MR) is 74.0 cm³/mol. The van der Waals surface area contributed by atoms with Gasteiger partial charge in [-0.05, 0) is 38.7 Å². The number of nitrogens with one attached hydrogen (secondary N) is 2. The summed E-state index contributed by atoms with van der Waals surface area (Å²) in [6.07, 6.45) is 2.66. The average Bonchev–Trinajstić information content (AvgIpc) is 2.81. The average molecular weight is 296 g/mol. The van der Waals surface area contributed by atoms with E-state index in [0.717, 1.165) is 12.8 Å². The molecule has 7 nitrogen and oxygen atoms in total. The molecular weight excluding hydrogens is 276 g/mol. The van der Waals surface area contributed by atoms with Crippen molar-refractivity contribution >= 4 is 12.0 Å². The van der Waals surface area contributed by atoms with E-state index in [2.05, 4.69) is 10.6 Å². The van der Waals surface area contributed by atoms with Gasteiger partial charge in [0.05, 0.1) is 12.6 Å². The lowest BCUT2D eigenvalue weighted by Gasteiger charge is -2.26. The highest BCUT2D eigenvalue weighted by molar-refractivity contribution is 5.88. The first-order valence-corrected chi connectivity index (χ1v) is 7.00. The number of hydrogen-bond donors (Lipinski definition) is 4. The van der Waals surface area contributed by atoms with Gasteiger partial charge < -0.3 is 25.3 Å². The number of amides is 2. The van der Waals surface area contributed by atoms with E-state index in [0.29, 0.717) is 24.4 Å². The van der Waals surface area contributed by atoms with Gasteiger partial charge in [0.1, 0.15) is 17.1 Å². The molecule has 0 saturated heterocycles. The maximum atomic E-state index is 11.7. The van der Waals surface area contributed by atoms with Crippen LogP contribution in [-0.4, -0.2) is 34.4 Å². The summed E-state index contributed by atoms with van der Waals surface area (Å²) in [5, 5.41) is 23.8. The summed E-state index contributed by atoms with van der Waals surface area (Å²) in [5.74, 6) is -0.326. The molecule has 0 aromatic carbocycles. The summed E-state index contributed by atoms with van der Waals surface area (Å²) in [6.45, 7) is 1.70. The van der Waals surface area contributed by atoms with Gasteiger partial charge in [0.25, 0.3) is 0 Å². The Labute approximate surface area is 122 Å². The van der Waals surface area contributed by atoms with Crippen molar-refractivity contribution in [3.63, 3.8) is 0 Å². The lowest BCUT2D eigenvalue weighted by molar-refractivity contribution is 0.0695. The maximum Gasteiger partial charge on any atom is 0.339 e. The Morgan fingerprint density at radius 3 is 2.57 bits per heavy atom. The second kappa shape index (κ2) is 6.62. The molecule has 1 heterocycles. The molecule has 0 unspecified atom stereocenters. The predicted octanol–water partition coefficient (Wildman–Crippen LogP) is 1.39. The van der Waals surface area contributed by atoms with Crippen molar-refractivity contribution in [2.45, 2.75) is 51.3 Å². The second-order valence-electron chi connectivity index (χ2n) is 5.32. The number of carboxylic acids is 1. The number of aromatic carboxylic acids is 1. The number of rotatable bonds is 4. The first-order valence-electron chi connectivity index (χ1n) is 7.00. The van der Waals surface area contributed by atoms with Crippen molar-refractivity contribution in [2.24, 2.45) is 0 Å². The van der Waals surface area contributed by atoms with Gasteiger partial charge in [0.15, 0.2) is 0 Å². The van der Waals surface area contributed by atoms with E-state index >= 15 is 0 Å². The third-order valence-corrected chi connectivity index (χ3v) is 3.65. The van der Waals surface area contributed by atoms with Gasteiger partial charge in [-0.1, -0.05) is 0 Å². The summed E-state index contributed by atoms with van der Waals surface area (Å²) < 4.78 is 5.27. The zero-order chi connectivity index (χ0) is 15.4. The van der Waals surface area contributed by atoms with E-state index < -0.39 is 5.97 Å². The number of aliphatic hydroxyl groups excluding tert-OH is 1. The molecule has 0 radical (unpaired) electrons. The van der Waals surface area contributed by atoms with Gasteiger partial charge in [-0.15, -0.1) is 0 Å². The Hall–Kier alpha value is -2.02. The fourth-order valence-corrected chi connectivity index (χ4v) is 2.47. The van der Waals surface area contributed by atoms with Crippen LogP contribution < -0.4 is 10.6 Å². The van der Waals surface area contributed by atoms with Gasteiger partial charge in [-0.2, -0.15) is 0 Å². The highest BCUT2D eigenvalue weighted by Gasteiger charge is 2.21. The van der Waals surface area contributed by atoms with Crippen LogP contribution in [0.25, 0.3) is 0 Å². The second-order valence-corrected chi connectivity index (χ2v) is 5.32. The number of carbonyl (C=O) groups excluding carboxylic acids is 1. The van der Waals surface area contributed by atoms with E-state index in [-0.39, 0.29) is 30.3 Å². The largest absolute Gasteiger partial charge is 0.478 e. The minimum absolute atomic E-state index is 0.0707. The molecule has 7 heteroatoms. The Kier molecular flexibility index (Phi) is 4.85. The number of aliphatic hydroxyl groups is 1. The standard InChI is InChI=1S/C14H20N2O5/c1-8-12(13(18)19)6-11(21-8)7-15-14(20)16-9-2-4-10(17)5-3-9/h6,9-10,17H,2-5,7H2,1H3,(H,18,19)(H2,15,16,20). The first-order chi connectivity index (χ1) is 9.95. The van der Waals surface area contributed by atoms with Crippen LogP contribution in [0.2, 0.25) is 0 Å². The van der Waals surface area contributed by atoms with Crippen LogP contribution in [0.1, 0.15) is 47.6 Å². The lowest BCUT2D eigenvalue weighted by atomic mass is 9.93. The lowest BCUT2D eigenvalue weighted by Crippen LogP contribution is -2.43. The molecular formula is C14H20N2O5. The minimum Gasteiger partial charge on any atom is -0.478 e. The molecule has 0 bridgehead atoms. The molecule has 4 N–H and O–H groups in total. The summed E-state index contributed by atoms with van der Waals surface area (Å²) >= 11 is 0. The molecule has 1 aromatic rings. The van der Waals surface area contributed by atoms with Gasteiger partial charge in [0.2, 0.25) is 0 Å². The van der Waals surface area contributed by atoms with E-state index in [1.54, 1.807) is 6.92 Å². The fraction of sp³-hybridized carbons (Fsp3) is 0.571. The minimum atomic E-state index is -1.05. The molecule has 2 rings (SSSR count). The summed E-state index contributed by atoms with van der Waals surface area (Å²) in [6, 6.07) is 1.16. The van der Waals surface area contributed by atoms with Crippen LogP contribution in [0.4, 0.5) is 4.79 Å². The van der Waals surface area contributed by atoms with Crippen LogP contribution in [0, 0.1) is 6.92 Å². The molecule has 0 aliphatic heterocycles. The Morgan fingerprint density at radius 1 is 1.33 bits per heavy atom. The fourth-order valence-electron chi connectivity index (χ4n) is 2.47. The third-order valence-electron chi connectivity index (χ3n) is 3.65. The smallest absolute Gasteiger partial charge is 0.339 e. The third kappa shape index (κ3) is 4.22. The number of hydrogen-bond acceptors (Lipinski definition) is 4. The van der Waals surface area contributed by atoms with E-state index in [9.17, 15) is 14.7 Å². The molecule has 116 valence electrons. The topological polar surface area (TPSA) is 112 Å². The number of furan rings is 1. The maximum absolute atomic E-state index is 11.7. The molecule has 0 spiro atoms.